The van der Waals surface area contributed by atoms with Crippen LogP contribution < -0.4 is 0 Å². The number of hydroxylamine groups is 4. The van der Waals surface area contributed by atoms with Gasteiger partial charge in [0.25, 0.3) is 0 Å². The zero-order chi connectivity index (χ0) is 22.3. The van der Waals surface area contributed by atoms with Gasteiger partial charge in [-0.1, -0.05) is 26.2 Å². The molecule has 2 heterocycles. The van der Waals surface area contributed by atoms with Crippen molar-refractivity contribution in [2.45, 2.75) is 148 Å². The van der Waals surface area contributed by atoms with Gasteiger partial charge in [-0.2, -0.15) is 10.1 Å². The minimum absolute atomic E-state index is 0.239. The second-order valence-electron chi connectivity index (χ2n) is 12.3. The molecule has 2 aliphatic rings. The van der Waals surface area contributed by atoms with E-state index in [1.54, 1.807) is 10.1 Å². The molecule has 0 saturated carbocycles. The van der Waals surface area contributed by atoms with Crippen LogP contribution in [0.15, 0.2) is 0 Å². The molecule has 0 atom stereocenters. The quantitative estimate of drug-likeness (QED) is 0.527. The van der Waals surface area contributed by atoms with Gasteiger partial charge in [0.15, 0.2) is 0 Å². The molecule has 0 amide bonds. The topological polar surface area (TPSA) is 50.2 Å². The van der Waals surface area contributed by atoms with Crippen LogP contribution in [0, 0.1) is 0 Å². The van der Waals surface area contributed by atoms with Crippen molar-refractivity contribution in [3.05, 3.63) is 0 Å². The maximum atomic E-state index is 10.8. The van der Waals surface area contributed by atoms with Crippen LogP contribution in [0.4, 0.5) is 0 Å². The molecule has 5 nitrogen and oxygen atoms in total. The Morgan fingerprint density at radius 3 is 1.31 bits per heavy atom. The Labute approximate surface area is 180 Å². The maximum absolute atomic E-state index is 10.8. The fraction of sp³-hybridized carbons (Fsp3) is 1.00. The number of hydrogen-bond acceptors (Lipinski definition) is 5. The Morgan fingerprint density at radius 2 is 1.00 bits per heavy atom. The van der Waals surface area contributed by atoms with Crippen LogP contribution in [0.3, 0.4) is 0 Å². The van der Waals surface area contributed by atoms with Crippen molar-refractivity contribution in [2.75, 3.05) is 6.54 Å². The van der Waals surface area contributed by atoms with E-state index in [9.17, 15) is 10.4 Å². The third-order valence-corrected chi connectivity index (χ3v) is 7.44. The molecule has 2 N–H and O–H groups in total. The summed E-state index contributed by atoms with van der Waals surface area (Å²) in [4.78, 5) is 2.77. The van der Waals surface area contributed by atoms with Gasteiger partial charge >= 0.3 is 0 Å². The molecule has 0 spiro atoms. The zero-order valence-corrected chi connectivity index (χ0v) is 20.8. The largest absolute Gasteiger partial charge is 0.313 e. The minimum Gasteiger partial charge on any atom is -0.313 e. The lowest BCUT2D eigenvalue weighted by Crippen LogP contribution is -2.67. The van der Waals surface area contributed by atoms with Crippen LogP contribution in [0.5, 0.6) is 0 Å². The van der Waals surface area contributed by atoms with E-state index in [0.29, 0.717) is 12.1 Å². The van der Waals surface area contributed by atoms with E-state index in [-0.39, 0.29) is 22.2 Å². The van der Waals surface area contributed by atoms with Crippen LogP contribution in [-0.2, 0) is 0 Å². The highest BCUT2D eigenvalue weighted by Crippen LogP contribution is 2.44. The van der Waals surface area contributed by atoms with Crippen molar-refractivity contribution in [3.8, 4) is 0 Å². The van der Waals surface area contributed by atoms with Crippen molar-refractivity contribution in [1.82, 2.24) is 15.0 Å². The Kier molecular flexibility index (Phi) is 7.55. The van der Waals surface area contributed by atoms with E-state index in [2.05, 4.69) is 67.2 Å². The lowest BCUT2D eigenvalue weighted by Gasteiger charge is -2.58. The molecule has 2 saturated heterocycles. The summed E-state index contributed by atoms with van der Waals surface area (Å²) < 4.78 is 0. The Hall–Kier alpha value is -0.200. The fourth-order valence-corrected chi connectivity index (χ4v) is 6.29. The van der Waals surface area contributed by atoms with Crippen molar-refractivity contribution in [2.24, 2.45) is 0 Å². The minimum atomic E-state index is -0.239. The average Bonchev–Trinajstić information content (AvgIpc) is 2.56. The van der Waals surface area contributed by atoms with E-state index >= 15 is 0 Å². The molecule has 172 valence electrons. The molecule has 2 fully saturated rings. The van der Waals surface area contributed by atoms with Gasteiger partial charge in [0.2, 0.25) is 0 Å². The summed E-state index contributed by atoms with van der Waals surface area (Å²) in [6.45, 7) is 20.7. The lowest BCUT2D eigenvalue weighted by atomic mass is 9.74. The molecular formula is C24H49N3O2. The molecule has 0 unspecified atom stereocenters. The van der Waals surface area contributed by atoms with E-state index < -0.39 is 0 Å². The smallest absolute Gasteiger partial charge is 0.0425 e. The van der Waals surface area contributed by atoms with Crippen LogP contribution in [0.2, 0.25) is 0 Å². The summed E-state index contributed by atoms with van der Waals surface area (Å²) in [5.74, 6) is 0. The highest BCUT2D eigenvalue weighted by Gasteiger charge is 2.51. The van der Waals surface area contributed by atoms with Crippen molar-refractivity contribution in [1.29, 1.82) is 0 Å². The summed E-state index contributed by atoms with van der Waals surface area (Å²) in [7, 11) is 0. The number of unbranched alkanes of at least 4 members (excludes halogenated alkanes) is 3. The average molecular weight is 412 g/mol. The third kappa shape index (κ3) is 5.54. The van der Waals surface area contributed by atoms with E-state index in [1.807, 2.05) is 0 Å². The van der Waals surface area contributed by atoms with Crippen LogP contribution in [0.1, 0.15) is 114 Å². The van der Waals surface area contributed by atoms with Gasteiger partial charge < -0.3 is 10.4 Å². The molecule has 0 radical (unpaired) electrons. The predicted molar refractivity (Wildman–Crippen MR) is 120 cm³/mol. The molecular weight excluding hydrogens is 362 g/mol. The maximum Gasteiger partial charge on any atom is 0.0425 e. The van der Waals surface area contributed by atoms with Crippen LogP contribution >= 0.6 is 0 Å². The summed E-state index contributed by atoms with van der Waals surface area (Å²) in [5.41, 5.74) is -0.957. The molecule has 2 aliphatic heterocycles. The fourth-order valence-electron chi connectivity index (χ4n) is 6.29. The first-order valence-electron chi connectivity index (χ1n) is 11.9. The van der Waals surface area contributed by atoms with Gasteiger partial charge in [-0.05, 0) is 94.0 Å². The molecule has 0 bridgehead atoms. The molecule has 0 aromatic heterocycles. The summed E-state index contributed by atoms with van der Waals surface area (Å²) in [5, 5.41) is 24.8. The third-order valence-electron chi connectivity index (χ3n) is 7.44. The van der Waals surface area contributed by atoms with Gasteiger partial charge in [-0.25, -0.2) is 0 Å². The van der Waals surface area contributed by atoms with E-state index in [0.717, 1.165) is 32.2 Å². The SMILES string of the molecule is CCCCCCN(C1CC(C)(C)N(O)C(C)(C)C1)C1CC(C)(C)N(O)C(C)(C)C1. The van der Waals surface area contributed by atoms with Crippen LogP contribution in [0.25, 0.3) is 0 Å². The summed E-state index contributed by atoms with van der Waals surface area (Å²) in [6, 6.07) is 0.902. The second kappa shape index (κ2) is 8.74. The van der Waals surface area contributed by atoms with Crippen molar-refractivity contribution in [3.63, 3.8) is 0 Å². The zero-order valence-electron chi connectivity index (χ0n) is 20.8. The van der Waals surface area contributed by atoms with Crippen molar-refractivity contribution < 1.29 is 10.4 Å². The molecule has 0 aromatic rings. The Bertz CT molecular complexity index is 466. The first-order valence-corrected chi connectivity index (χ1v) is 11.9. The highest BCUT2D eigenvalue weighted by atomic mass is 16.5. The van der Waals surface area contributed by atoms with Gasteiger partial charge in [-0.15, -0.1) is 0 Å². The molecule has 0 aliphatic carbocycles. The van der Waals surface area contributed by atoms with Crippen LogP contribution in [-0.4, -0.2) is 66.2 Å². The lowest BCUT2D eigenvalue weighted by molar-refractivity contribution is -0.266. The second-order valence-corrected chi connectivity index (χ2v) is 12.3. The normalized spacial score (nSPS) is 28.1. The van der Waals surface area contributed by atoms with Gasteiger partial charge in [0, 0.05) is 34.2 Å². The molecule has 2 rings (SSSR count). The predicted octanol–water partition coefficient (Wildman–Crippen LogP) is 5.69. The molecule has 5 heteroatoms. The van der Waals surface area contributed by atoms with Gasteiger partial charge in [0.05, 0.1) is 0 Å². The highest BCUT2D eigenvalue weighted by molar-refractivity contribution is 5.04. The first kappa shape index (κ1) is 25.1. The Morgan fingerprint density at radius 1 is 0.655 bits per heavy atom. The van der Waals surface area contributed by atoms with E-state index in [1.165, 1.54) is 25.7 Å². The van der Waals surface area contributed by atoms with Crippen molar-refractivity contribution >= 4 is 0 Å². The standard InChI is InChI=1S/C24H49N3O2/c1-10-11-12-13-14-25(19-15-21(2,3)26(28)22(4,5)16-19)20-17-23(6,7)27(29)24(8,9)18-20/h19-20,28-29H,10-18H2,1-9H3. The molecule has 0 aromatic carbocycles. The Balaban J connectivity index is 2.29. The van der Waals surface area contributed by atoms with E-state index in [4.69, 9.17) is 0 Å². The van der Waals surface area contributed by atoms with Gasteiger partial charge in [-0.3, -0.25) is 4.90 Å². The molecule has 29 heavy (non-hydrogen) atoms. The summed E-state index contributed by atoms with van der Waals surface area (Å²) in [6.07, 6.45) is 8.96. The van der Waals surface area contributed by atoms with Gasteiger partial charge in [0.1, 0.15) is 0 Å². The first-order chi connectivity index (χ1) is 13.1. The number of nitrogens with zero attached hydrogens (tertiary/aromatic N) is 3. The summed E-state index contributed by atoms with van der Waals surface area (Å²) >= 11 is 0. The number of hydrogen-bond donors (Lipinski definition) is 2. The number of rotatable bonds is 7. The monoisotopic (exact) mass is 411 g/mol. The number of piperidine rings is 2.